The lowest BCUT2D eigenvalue weighted by Crippen LogP contribution is -2.40. The smallest absolute Gasteiger partial charge is 0.303 e. The van der Waals surface area contributed by atoms with E-state index in [0.29, 0.717) is 12.3 Å². The molecule has 3 heteroatoms. The van der Waals surface area contributed by atoms with E-state index in [9.17, 15) is 4.79 Å². The summed E-state index contributed by atoms with van der Waals surface area (Å²) in [5.41, 5.74) is 0. The molecule has 0 bridgehead atoms. The third kappa shape index (κ3) is 2.76. The number of hydrogen-bond acceptors (Lipinski definition) is 2. The molecule has 1 heterocycles. The first kappa shape index (κ1) is 11.9. The Balaban J connectivity index is 1.85. The molecule has 16 heavy (non-hydrogen) atoms. The maximum absolute atomic E-state index is 10.7. The number of likely N-dealkylation sites (tertiary alicyclic amines) is 1. The van der Waals surface area contributed by atoms with Crippen LogP contribution >= 0.6 is 0 Å². The Labute approximate surface area is 97.8 Å². The van der Waals surface area contributed by atoms with Crippen LogP contribution in [0.2, 0.25) is 0 Å². The minimum Gasteiger partial charge on any atom is -0.481 e. The monoisotopic (exact) mass is 225 g/mol. The number of aliphatic carboxylic acids is 1. The van der Waals surface area contributed by atoms with E-state index >= 15 is 0 Å². The third-order valence-electron chi connectivity index (χ3n) is 4.32. The van der Waals surface area contributed by atoms with Crippen molar-refractivity contribution < 1.29 is 9.90 Å². The van der Waals surface area contributed by atoms with Crippen LogP contribution < -0.4 is 0 Å². The molecule has 2 rings (SSSR count). The zero-order valence-corrected chi connectivity index (χ0v) is 10.2. The van der Waals surface area contributed by atoms with Crippen molar-refractivity contribution in [2.24, 2.45) is 11.8 Å². The second-order valence-electron chi connectivity index (χ2n) is 5.58. The van der Waals surface area contributed by atoms with Gasteiger partial charge in [0, 0.05) is 19.0 Å². The summed E-state index contributed by atoms with van der Waals surface area (Å²) in [4.78, 5) is 13.2. The number of carbonyl (C=O) groups is 1. The van der Waals surface area contributed by atoms with Crippen LogP contribution in [0.3, 0.4) is 0 Å². The summed E-state index contributed by atoms with van der Waals surface area (Å²) in [7, 11) is 0. The highest BCUT2D eigenvalue weighted by Gasteiger charge is 2.33. The van der Waals surface area contributed by atoms with Crippen LogP contribution in [0.1, 0.15) is 45.4 Å². The van der Waals surface area contributed by atoms with E-state index < -0.39 is 5.97 Å². The first-order valence-electron chi connectivity index (χ1n) is 6.62. The van der Waals surface area contributed by atoms with Crippen LogP contribution in [0.25, 0.3) is 0 Å². The lowest BCUT2D eigenvalue weighted by molar-refractivity contribution is -0.138. The maximum Gasteiger partial charge on any atom is 0.303 e. The topological polar surface area (TPSA) is 40.5 Å². The van der Waals surface area contributed by atoms with E-state index in [2.05, 4.69) is 11.8 Å². The summed E-state index contributed by atoms with van der Waals surface area (Å²) in [5, 5.41) is 8.80. The summed E-state index contributed by atoms with van der Waals surface area (Å²) in [6.45, 7) is 4.49. The Morgan fingerprint density at radius 1 is 1.31 bits per heavy atom. The molecular formula is C13H23NO2. The van der Waals surface area contributed by atoms with Crippen LogP contribution in [0, 0.1) is 11.8 Å². The Morgan fingerprint density at radius 2 is 2.06 bits per heavy atom. The average Bonchev–Trinajstić information content (AvgIpc) is 2.66. The molecule has 1 N–H and O–H groups in total. The van der Waals surface area contributed by atoms with Gasteiger partial charge in [0.2, 0.25) is 0 Å². The van der Waals surface area contributed by atoms with E-state index in [4.69, 9.17) is 5.11 Å². The molecule has 0 aromatic carbocycles. The number of carboxylic acids is 1. The van der Waals surface area contributed by atoms with Gasteiger partial charge in [-0.2, -0.15) is 0 Å². The van der Waals surface area contributed by atoms with Crippen LogP contribution in [0.4, 0.5) is 0 Å². The molecule has 3 unspecified atom stereocenters. The average molecular weight is 225 g/mol. The molecule has 0 aromatic rings. The van der Waals surface area contributed by atoms with E-state index in [0.717, 1.165) is 31.5 Å². The molecule has 2 aliphatic rings. The van der Waals surface area contributed by atoms with Gasteiger partial charge in [-0.25, -0.2) is 0 Å². The lowest BCUT2D eigenvalue weighted by Gasteiger charge is -2.36. The second kappa shape index (κ2) is 5.17. The maximum atomic E-state index is 10.7. The Hall–Kier alpha value is -0.570. The Morgan fingerprint density at radius 3 is 2.75 bits per heavy atom. The summed E-state index contributed by atoms with van der Waals surface area (Å²) in [5.74, 6) is 0.562. The van der Waals surface area contributed by atoms with E-state index in [1.165, 1.54) is 25.7 Å². The minimum absolute atomic E-state index is 0.359. The quantitative estimate of drug-likeness (QED) is 0.801. The van der Waals surface area contributed by atoms with Crippen molar-refractivity contribution in [1.29, 1.82) is 0 Å². The van der Waals surface area contributed by atoms with Gasteiger partial charge in [0.15, 0.2) is 0 Å². The predicted octanol–water partition coefficient (Wildman–Crippen LogP) is 2.36. The summed E-state index contributed by atoms with van der Waals surface area (Å²) in [6.07, 6.45) is 6.85. The van der Waals surface area contributed by atoms with Crippen molar-refractivity contribution >= 4 is 5.97 Å². The van der Waals surface area contributed by atoms with E-state index in [-0.39, 0.29) is 0 Å². The minimum atomic E-state index is -0.636. The summed E-state index contributed by atoms with van der Waals surface area (Å²) >= 11 is 0. The fraction of sp³-hybridized carbons (Fsp3) is 0.923. The number of nitrogens with zero attached hydrogens (tertiary/aromatic N) is 1. The van der Waals surface area contributed by atoms with Gasteiger partial charge in [-0.15, -0.1) is 0 Å². The third-order valence-corrected chi connectivity index (χ3v) is 4.32. The molecule has 0 radical (unpaired) electrons. The highest BCUT2D eigenvalue weighted by molar-refractivity contribution is 5.67. The highest BCUT2D eigenvalue weighted by Crippen LogP contribution is 2.32. The van der Waals surface area contributed by atoms with Gasteiger partial charge in [-0.05, 0) is 37.6 Å². The van der Waals surface area contributed by atoms with Crippen LogP contribution in [-0.4, -0.2) is 35.1 Å². The van der Waals surface area contributed by atoms with Crippen molar-refractivity contribution in [2.45, 2.75) is 51.5 Å². The van der Waals surface area contributed by atoms with Gasteiger partial charge in [-0.1, -0.05) is 19.8 Å². The zero-order valence-electron chi connectivity index (χ0n) is 10.2. The van der Waals surface area contributed by atoms with Crippen LogP contribution in [0.15, 0.2) is 0 Å². The Kier molecular flexibility index (Phi) is 3.85. The molecular weight excluding hydrogens is 202 g/mol. The van der Waals surface area contributed by atoms with Gasteiger partial charge in [0.05, 0.1) is 0 Å². The van der Waals surface area contributed by atoms with Crippen LogP contribution in [0.5, 0.6) is 0 Å². The molecule has 92 valence electrons. The highest BCUT2D eigenvalue weighted by atomic mass is 16.4. The normalized spacial score (nSPS) is 36.4. The molecule has 1 aliphatic heterocycles. The molecule has 1 saturated heterocycles. The molecule has 3 atom stereocenters. The van der Waals surface area contributed by atoms with E-state index in [1.54, 1.807) is 0 Å². The molecule has 2 fully saturated rings. The van der Waals surface area contributed by atoms with Crippen molar-refractivity contribution in [3.05, 3.63) is 0 Å². The number of carboxylic acid groups (broad SMARTS) is 1. The largest absolute Gasteiger partial charge is 0.481 e. The number of hydrogen-bond donors (Lipinski definition) is 1. The van der Waals surface area contributed by atoms with Gasteiger partial charge < -0.3 is 5.11 Å². The zero-order chi connectivity index (χ0) is 11.5. The molecule has 0 spiro atoms. The second-order valence-corrected chi connectivity index (χ2v) is 5.58. The number of rotatable bonds is 3. The van der Waals surface area contributed by atoms with Gasteiger partial charge in [0.25, 0.3) is 0 Å². The van der Waals surface area contributed by atoms with Gasteiger partial charge in [-0.3, -0.25) is 9.69 Å². The standard InChI is InChI=1S/C13H23NO2/c1-10-4-2-3-5-12(10)14-7-6-11(9-14)8-13(15)16/h10-12H,2-9H2,1H3,(H,15,16). The van der Waals surface area contributed by atoms with Gasteiger partial charge in [0.1, 0.15) is 0 Å². The summed E-state index contributed by atoms with van der Waals surface area (Å²) < 4.78 is 0. The predicted molar refractivity (Wildman–Crippen MR) is 63.4 cm³/mol. The SMILES string of the molecule is CC1CCCCC1N1CCC(CC(=O)O)C1. The molecule has 0 aromatic heterocycles. The van der Waals surface area contributed by atoms with Crippen molar-refractivity contribution in [3.8, 4) is 0 Å². The molecule has 1 saturated carbocycles. The van der Waals surface area contributed by atoms with Crippen LogP contribution in [-0.2, 0) is 4.79 Å². The first-order valence-corrected chi connectivity index (χ1v) is 6.62. The molecule has 1 aliphatic carbocycles. The first-order chi connectivity index (χ1) is 7.66. The fourth-order valence-electron chi connectivity index (χ4n) is 3.42. The van der Waals surface area contributed by atoms with Crippen molar-refractivity contribution in [3.63, 3.8) is 0 Å². The van der Waals surface area contributed by atoms with Crippen molar-refractivity contribution in [2.75, 3.05) is 13.1 Å². The summed E-state index contributed by atoms with van der Waals surface area (Å²) in [6, 6.07) is 0.729. The van der Waals surface area contributed by atoms with E-state index in [1.807, 2.05) is 0 Å². The van der Waals surface area contributed by atoms with Crippen molar-refractivity contribution in [1.82, 2.24) is 4.90 Å². The molecule has 0 amide bonds. The fourth-order valence-corrected chi connectivity index (χ4v) is 3.42. The molecule has 3 nitrogen and oxygen atoms in total. The Bertz CT molecular complexity index is 254. The lowest BCUT2D eigenvalue weighted by atomic mass is 9.85. The van der Waals surface area contributed by atoms with Gasteiger partial charge >= 0.3 is 5.97 Å².